The summed E-state index contributed by atoms with van der Waals surface area (Å²) in [6.45, 7) is 0.572. The van der Waals surface area contributed by atoms with Gasteiger partial charge in [0.15, 0.2) is 0 Å². The Morgan fingerprint density at radius 1 is 1.08 bits per heavy atom. The smallest absolute Gasteiger partial charge is 0.453 e. The van der Waals surface area contributed by atoms with Crippen LogP contribution in [0.4, 0.5) is 13.2 Å². The van der Waals surface area contributed by atoms with Crippen molar-refractivity contribution in [2.75, 3.05) is 13.8 Å². The summed E-state index contributed by atoms with van der Waals surface area (Å²) in [7, 11) is 1.19. The van der Waals surface area contributed by atoms with E-state index >= 15 is 0 Å². The average Bonchev–Trinajstić information content (AvgIpc) is 2.90. The molecule has 1 aliphatic rings. The van der Waals surface area contributed by atoms with Gasteiger partial charge in [-0.3, -0.25) is 9.69 Å². The minimum atomic E-state index is -5.05. The second kappa shape index (κ2) is 10.4. The zero-order valence-corrected chi connectivity index (χ0v) is 21.6. The van der Waals surface area contributed by atoms with Gasteiger partial charge in [-0.15, -0.1) is 0 Å². The van der Waals surface area contributed by atoms with Crippen LogP contribution in [0.15, 0.2) is 63.8 Å². The van der Waals surface area contributed by atoms with E-state index < -0.39 is 29.1 Å². The number of hydrogen-bond acceptors (Lipinski definition) is 7. The predicted octanol–water partition coefficient (Wildman–Crippen LogP) is 7.05. The van der Waals surface area contributed by atoms with Crippen LogP contribution < -0.4 is 14.9 Å². The van der Waals surface area contributed by atoms with Gasteiger partial charge in [-0.2, -0.15) is 13.2 Å². The predicted molar refractivity (Wildman–Crippen MR) is 137 cm³/mol. The average molecular weight is 580 g/mol. The Morgan fingerprint density at radius 3 is 2.49 bits per heavy atom. The first-order valence-electron chi connectivity index (χ1n) is 11.4. The molecule has 3 aromatic carbocycles. The molecule has 39 heavy (non-hydrogen) atoms. The number of nitrogens with zero attached hydrogens (tertiary/aromatic N) is 1. The molecule has 0 aliphatic carbocycles. The van der Waals surface area contributed by atoms with Crippen molar-refractivity contribution < 1.29 is 36.6 Å². The molecule has 5 rings (SSSR count). The molecule has 0 atom stereocenters. The molecule has 202 valence electrons. The summed E-state index contributed by atoms with van der Waals surface area (Å²) < 4.78 is 63.4. The van der Waals surface area contributed by atoms with E-state index in [0.717, 1.165) is 5.56 Å². The number of methoxy groups -OCH3 is 1. The van der Waals surface area contributed by atoms with E-state index in [1.165, 1.54) is 43.5 Å². The number of halogens is 5. The lowest BCUT2D eigenvalue weighted by molar-refractivity contribution is -0.154. The number of benzene rings is 3. The molecule has 0 saturated heterocycles. The molecule has 0 N–H and O–H groups in total. The number of ether oxygens (including phenoxy) is 3. The first-order valence-corrected chi connectivity index (χ1v) is 12.2. The lowest BCUT2D eigenvalue weighted by Gasteiger charge is -2.29. The van der Waals surface area contributed by atoms with E-state index in [1.807, 2.05) is 0 Å². The molecule has 0 radical (unpaired) electrons. The molecule has 0 fully saturated rings. The van der Waals surface area contributed by atoms with Crippen LogP contribution in [0, 0.1) is 0 Å². The highest BCUT2D eigenvalue weighted by Crippen LogP contribution is 2.41. The molecule has 0 amide bonds. The molecule has 7 nitrogen and oxygen atoms in total. The summed E-state index contributed by atoms with van der Waals surface area (Å²) >= 11 is 12.2. The second-order valence-electron chi connectivity index (χ2n) is 8.62. The number of esters is 1. The number of rotatable bonds is 5. The Morgan fingerprint density at radius 2 is 1.82 bits per heavy atom. The molecule has 0 spiro atoms. The Balaban J connectivity index is 1.54. The maximum Gasteiger partial charge on any atom is 0.453 e. The third kappa shape index (κ3) is 5.40. The van der Waals surface area contributed by atoms with Crippen LogP contribution in [-0.4, -0.2) is 24.7 Å². The first-order chi connectivity index (χ1) is 18.5. The lowest BCUT2D eigenvalue weighted by atomic mass is 10.1. The summed E-state index contributed by atoms with van der Waals surface area (Å²) in [6, 6.07) is 12.9. The maximum atomic E-state index is 14.1. The topological polar surface area (TPSA) is 78.2 Å². The van der Waals surface area contributed by atoms with Crippen molar-refractivity contribution in [3.63, 3.8) is 0 Å². The van der Waals surface area contributed by atoms with Gasteiger partial charge in [-0.05, 0) is 54.1 Å². The van der Waals surface area contributed by atoms with Crippen molar-refractivity contribution in [1.29, 1.82) is 0 Å². The molecule has 1 aromatic heterocycles. The van der Waals surface area contributed by atoms with Gasteiger partial charge in [-0.1, -0.05) is 29.3 Å². The molecule has 4 aromatic rings. The zero-order valence-electron chi connectivity index (χ0n) is 20.1. The highest BCUT2D eigenvalue weighted by atomic mass is 35.5. The number of fused-ring (bicyclic) bond motifs is 3. The Kier molecular flexibility index (Phi) is 7.19. The van der Waals surface area contributed by atoms with E-state index in [-0.39, 0.29) is 41.1 Å². The van der Waals surface area contributed by atoms with Gasteiger partial charge in [-0.25, -0.2) is 4.79 Å². The van der Waals surface area contributed by atoms with Gasteiger partial charge in [0, 0.05) is 23.1 Å². The fourth-order valence-corrected chi connectivity index (χ4v) is 4.63. The highest BCUT2D eigenvalue weighted by Gasteiger charge is 2.41. The van der Waals surface area contributed by atoms with E-state index in [4.69, 9.17) is 37.1 Å². The number of carbonyl (C=O) groups excluding carboxylic acids is 1. The Labute approximate surface area is 229 Å². The molecule has 12 heteroatoms. The maximum absolute atomic E-state index is 14.1. The monoisotopic (exact) mass is 579 g/mol. The van der Waals surface area contributed by atoms with Crippen LogP contribution in [0.5, 0.6) is 17.2 Å². The van der Waals surface area contributed by atoms with Gasteiger partial charge >= 0.3 is 12.1 Å². The van der Waals surface area contributed by atoms with E-state index in [2.05, 4.69) is 4.74 Å². The number of carbonyl (C=O) groups is 1. The number of alkyl halides is 3. The molecule has 0 unspecified atom stereocenters. The summed E-state index contributed by atoms with van der Waals surface area (Å²) in [4.78, 5) is 26.7. The normalized spacial score (nSPS) is 13.6. The van der Waals surface area contributed by atoms with Crippen LogP contribution in [0.1, 0.15) is 27.2 Å². The van der Waals surface area contributed by atoms with Crippen molar-refractivity contribution in [3.8, 4) is 17.2 Å². The van der Waals surface area contributed by atoms with Crippen molar-refractivity contribution in [2.45, 2.75) is 19.3 Å². The van der Waals surface area contributed by atoms with Crippen molar-refractivity contribution in [1.82, 2.24) is 4.90 Å². The fraction of sp³-hybridized carbons (Fsp3) is 0.185. The summed E-state index contributed by atoms with van der Waals surface area (Å²) in [5.41, 5.74) is -0.103. The van der Waals surface area contributed by atoms with Crippen LogP contribution >= 0.6 is 23.2 Å². The van der Waals surface area contributed by atoms with Crippen LogP contribution in [0.25, 0.3) is 11.0 Å². The van der Waals surface area contributed by atoms with Crippen LogP contribution in [0.2, 0.25) is 10.0 Å². The summed E-state index contributed by atoms with van der Waals surface area (Å²) in [5, 5.41) is 0.783. The molecule has 0 bridgehead atoms. The van der Waals surface area contributed by atoms with Crippen LogP contribution in [-0.2, 0) is 24.0 Å². The van der Waals surface area contributed by atoms with E-state index in [1.54, 1.807) is 23.1 Å². The third-order valence-corrected chi connectivity index (χ3v) is 6.61. The quantitative estimate of drug-likeness (QED) is 0.234. The van der Waals surface area contributed by atoms with Crippen molar-refractivity contribution in [3.05, 3.63) is 97.3 Å². The molecule has 1 aliphatic heterocycles. The van der Waals surface area contributed by atoms with Gasteiger partial charge in [0.25, 0.3) is 5.76 Å². The molecule has 2 heterocycles. The summed E-state index contributed by atoms with van der Waals surface area (Å²) in [6.07, 6.45) is -5.05. The minimum absolute atomic E-state index is 0.105. The molecular formula is C27H18Cl2F3NO6. The highest BCUT2D eigenvalue weighted by molar-refractivity contribution is 6.35. The lowest BCUT2D eigenvalue weighted by Crippen LogP contribution is -2.32. The van der Waals surface area contributed by atoms with Gasteiger partial charge in [0.05, 0.1) is 23.6 Å². The van der Waals surface area contributed by atoms with Crippen LogP contribution in [0.3, 0.4) is 0 Å². The molecule has 0 saturated carbocycles. The Hall–Kier alpha value is -3.73. The standard InChI is InChI=1S/C27H18Cl2F3NO6/c1-36-26(35)14-3-6-17(7-4-14)38-24-22(34)18-8-9-21-19(23(18)39-25(24)27(30,31)32)12-33(13-37-21)11-15-2-5-16(28)10-20(15)29/h2-10H,11-13H2,1H3. The van der Waals surface area contributed by atoms with Crippen molar-refractivity contribution >= 4 is 40.1 Å². The third-order valence-electron chi connectivity index (χ3n) is 6.02. The van der Waals surface area contributed by atoms with E-state index in [0.29, 0.717) is 22.3 Å². The van der Waals surface area contributed by atoms with Gasteiger partial charge < -0.3 is 18.6 Å². The minimum Gasteiger partial charge on any atom is -0.478 e. The van der Waals surface area contributed by atoms with E-state index in [9.17, 15) is 22.8 Å². The fourth-order valence-electron chi connectivity index (χ4n) is 4.16. The first kappa shape index (κ1) is 26.9. The van der Waals surface area contributed by atoms with Gasteiger partial charge in [0.1, 0.15) is 23.8 Å². The Bertz CT molecular complexity index is 1640. The molecular weight excluding hydrogens is 562 g/mol. The number of hydrogen-bond donors (Lipinski definition) is 0. The summed E-state index contributed by atoms with van der Waals surface area (Å²) in [5.74, 6) is -3.07. The van der Waals surface area contributed by atoms with Crippen molar-refractivity contribution in [2.24, 2.45) is 0 Å². The van der Waals surface area contributed by atoms with Gasteiger partial charge in [0.2, 0.25) is 11.2 Å². The zero-order chi connectivity index (χ0) is 27.9. The SMILES string of the molecule is COC(=O)c1ccc(Oc2c(C(F)(F)F)oc3c4c(ccc3c2=O)OCN(Cc2ccc(Cl)cc2Cl)C4)cc1. The second-order valence-corrected chi connectivity index (χ2v) is 9.46. The largest absolute Gasteiger partial charge is 0.478 e.